The molecule has 1 aromatic heterocycles. The van der Waals surface area contributed by atoms with Crippen molar-refractivity contribution in [2.45, 2.75) is 32.4 Å². The van der Waals surface area contributed by atoms with Crippen molar-refractivity contribution in [3.8, 4) is 5.75 Å². The van der Waals surface area contributed by atoms with E-state index < -0.39 is 5.91 Å². The third-order valence-electron chi connectivity index (χ3n) is 5.92. The van der Waals surface area contributed by atoms with Gasteiger partial charge in [-0.15, -0.1) is 10.2 Å². The minimum Gasteiger partial charge on any atom is -0.505 e. The van der Waals surface area contributed by atoms with Crippen molar-refractivity contribution in [3.05, 3.63) is 63.8 Å². The monoisotopic (exact) mass is 484 g/mol. The van der Waals surface area contributed by atoms with Gasteiger partial charge in [-0.25, -0.2) is 0 Å². The fourth-order valence-corrected chi connectivity index (χ4v) is 4.21. The molecule has 4 rings (SSSR count). The molecule has 3 N–H and O–H groups in total. The average Bonchev–Trinajstić information content (AvgIpc) is 2.85. The summed E-state index contributed by atoms with van der Waals surface area (Å²) < 4.78 is 5.44. The number of aromatic hydroxyl groups is 1. The molecule has 0 unspecified atom stereocenters. The average molecular weight is 485 g/mol. The molecule has 2 aromatic carbocycles. The van der Waals surface area contributed by atoms with E-state index in [9.17, 15) is 15.0 Å². The van der Waals surface area contributed by atoms with Crippen LogP contribution < -0.4 is 5.32 Å². The number of aliphatic hydroxyl groups is 1. The van der Waals surface area contributed by atoms with E-state index in [1.165, 1.54) is 0 Å². The van der Waals surface area contributed by atoms with E-state index in [1.54, 1.807) is 12.1 Å². The van der Waals surface area contributed by atoms with Crippen LogP contribution in [-0.2, 0) is 24.2 Å². The van der Waals surface area contributed by atoms with Gasteiger partial charge in [-0.3, -0.25) is 9.69 Å². The molecule has 0 spiro atoms. The van der Waals surface area contributed by atoms with Crippen LogP contribution in [0.1, 0.15) is 40.0 Å². The van der Waals surface area contributed by atoms with Crippen molar-refractivity contribution < 1.29 is 19.7 Å². The van der Waals surface area contributed by atoms with Crippen LogP contribution in [-0.4, -0.2) is 64.1 Å². The van der Waals surface area contributed by atoms with Gasteiger partial charge in [0.05, 0.1) is 18.7 Å². The van der Waals surface area contributed by atoms with Crippen LogP contribution in [0, 0.1) is 0 Å². The number of aromatic nitrogens is 2. The van der Waals surface area contributed by atoms with Crippen molar-refractivity contribution in [1.29, 1.82) is 0 Å². The van der Waals surface area contributed by atoms with Gasteiger partial charge in [-0.2, -0.15) is 0 Å². The van der Waals surface area contributed by atoms with E-state index in [1.807, 2.05) is 18.2 Å². The van der Waals surface area contributed by atoms with Crippen molar-refractivity contribution in [1.82, 2.24) is 20.4 Å². The number of fused-ring (bicyclic) bond motifs is 1. The maximum atomic E-state index is 12.8. The maximum Gasteiger partial charge on any atom is 0.275 e. The first-order valence-corrected chi connectivity index (χ1v) is 11.9. The van der Waals surface area contributed by atoms with Crippen LogP contribution in [0.4, 0.5) is 0 Å². The molecule has 3 aromatic rings. The van der Waals surface area contributed by atoms with Gasteiger partial charge in [0, 0.05) is 43.2 Å². The van der Waals surface area contributed by atoms with Crippen LogP contribution in [0.15, 0.2) is 36.4 Å². The Morgan fingerprint density at radius 1 is 1.09 bits per heavy atom. The van der Waals surface area contributed by atoms with Crippen LogP contribution in [0.2, 0.25) is 5.02 Å². The molecule has 34 heavy (non-hydrogen) atoms. The van der Waals surface area contributed by atoms with Gasteiger partial charge in [0.15, 0.2) is 11.4 Å². The second-order valence-electron chi connectivity index (χ2n) is 8.43. The number of carbonyl (C=O) groups is 1. The summed E-state index contributed by atoms with van der Waals surface area (Å²) >= 11 is 5.91. The molecule has 0 bridgehead atoms. The largest absolute Gasteiger partial charge is 0.505 e. The highest BCUT2D eigenvalue weighted by Crippen LogP contribution is 2.30. The maximum absolute atomic E-state index is 12.8. The van der Waals surface area contributed by atoms with Crippen molar-refractivity contribution in [2.24, 2.45) is 0 Å². The normalized spacial score (nSPS) is 14.4. The molecule has 1 fully saturated rings. The number of halogens is 1. The number of unbranched alkanes of at least 4 members (excludes halogenated alkanes) is 1. The molecule has 180 valence electrons. The van der Waals surface area contributed by atoms with Crippen molar-refractivity contribution >= 4 is 28.4 Å². The van der Waals surface area contributed by atoms with E-state index in [-0.39, 0.29) is 24.6 Å². The van der Waals surface area contributed by atoms with Crippen LogP contribution in [0.5, 0.6) is 5.75 Å². The van der Waals surface area contributed by atoms with Gasteiger partial charge in [0.2, 0.25) is 0 Å². The van der Waals surface area contributed by atoms with Crippen molar-refractivity contribution in [2.75, 3.05) is 32.9 Å². The quantitative estimate of drug-likeness (QED) is 0.400. The zero-order valence-corrected chi connectivity index (χ0v) is 19.7. The Labute approximate surface area is 203 Å². The highest BCUT2D eigenvalue weighted by molar-refractivity contribution is 6.30. The van der Waals surface area contributed by atoms with Crippen LogP contribution >= 0.6 is 11.6 Å². The summed E-state index contributed by atoms with van der Waals surface area (Å²) in [4.78, 5) is 15.1. The second kappa shape index (κ2) is 11.6. The molecule has 1 saturated heterocycles. The molecule has 1 aliphatic rings. The van der Waals surface area contributed by atoms with Gasteiger partial charge in [0.1, 0.15) is 0 Å². The Bertz CT molecular complexity index is 1130. The van der Waals surface area contributed by atoms with E-state index in [0.717, 1.165) is 36.2 Å². The molecule has 0 atom stereocenters. The number of ether oxygens (including phenoxy) is 1. The summed E-state index contributed by atoms with van der Waals surface area (Å²) in [6.45, 7) is 4.20. The molecule has 0 radical (unpaired) electrons. The number of aliphatic hydroxyl groups excluding tert-OH is 1. The summed E-state index contributed by atoms with van der Waals surface area (Å²) in [5.41, 5.74) is 3.33. The number of amides is 1. The molecule has 0 aliphatic carbocycles. The number of hydrogen-bond acceptors (Lipinski definition) is 7. The van der Waals surface area contributed by atoms with E-state index in [4.69, 9.17) is 16.3 Å². The number of hydrogen-bond donors (Lipinski definition) is 3. The molecule has 2 heterocycles. The lowest BCUT2D eigenvalue weighted by atomic mass is 9.99. The van der Waals surface area contributed by atoms with Gasteiger partial charge >= 0.3 is 0 Å². The number of carbonyl (C=O) groups excluding carboxylic acids is 1. The Balaban J connectivity index is 1.61. The minimum absolute atomic E-state index is 0.105. The first-order valence-electron chi connectivity index (χ1n) is 11.5. The summed E-state index contributed by atoms with van der Waals surface area (Å²) in [5, 5.41) is 32.5. The smallest absolute Gasteiger partial charge is 0.275 e. The molecule has 0 saturated carbocycles. The highest BCUT2D eigenvalue weighted by atomic mass is 35.5. The topological polar surface area (TPSA) is 108 Å². The summed E-state index contributed by atoms with van der Waals surface area (Å²) in [6.07, 6.45) is 2.17. The molecule has 1 aliphatic heterocycles. The first-order chi connectivity index (χ1) is 16.5. The fraction of sp³-hybridized carbons (Fsp3) is 0.400. The van der Waals surface area contributed by atoms with E-state index >= 15 is 0 Å². The number of nitrogens with one attached hydrogen (secondary N) is 1. The standard InChI is InChI=1S/C25H29ClN4O4/c26-20-6-4-17(5-7-20)15-27-25(33)23-24(32)21-14-18(16-30-8-11-34-12-9-30)13-19(3-1-2-10-31)22(21)28-29-23/h4-7,13-14,31H,1-3,8-12,15-16H2,(H,27,33)(H,28,32). The predicted octanol–water partition coefficient (Wildman–Crippen LogP) is 3.07. The minimum atomic E-state index is -0.498. The second-order valence-corrected chi connectivity index (χ2v) is 8.86. The van der Waals surface area contributed by atoms with E-state index in [2.05, 4.69) is 26.5 Å². The number of morpholine rings is 1. The fourth-order valence-electron chi connectivity index (χ4n) is 4.08. The van der Waals surface area contributed by atoms with Crippen LogP contribution in [0.3, 0.4) is 0 Å². The zero-order chi connectivity index (χ0) is 23.9. The summed E-state index contributed by atoms with van der Waals surface area (Å²) in [5.74, 6) is -0.673. The third-order valence-corrected chi connectivity index (χ3v) is 6.18. The van der Waals surface area contributed by atoms with Gasteiger partial charge < -0.3 is 20.3 Å². The zero-order valence-electron chi connectivity index (χ0n) is 19.0. The lowest BCUT2D eigenvalue weighted by Crippen LogP contribution is -2.35. The predicted molar refractivity (Wildman–Crippen MR) is 130 cm³/mol. The Hall–Kier alpha value is -2.78. The lowest BCUT2D eigenvalue weighted by molar-refractivity contribution is 0.0342. The summed E-state index contributed by atoms with van der Waals surface area (Å²) in [6, 6.07) is 11.1. The number of nitrogens with zero attached hydrogens (tertiary/aromatic N) is 3. The highest BCUT2D eigenvalue weighted by Gasteiger charge is 2.20. The lowest BCUT2D eigenvalue weighted by Gasteiger charge is -2.27. The van der Waals surface area contributed by atoms with Gasteiger partial charge in [-0.1, -0.05) is 29.8 Å². The Morgan fingerprint density at radius 2 is 1.85 bits per heavy atom. The molecule has 1 amide bonds. The Morgan fingerprint density at radius 3 is 2.59 bits per heavy atom. The molecule has 9 heteroatoms. The third kappa shape index (κ3) is 6.01. The number of benzene rings is 2. The van der Waals surface area contributed by atoms with Crippen molar-refractivity contribution in [3.63, 3.8) is 0 Å². The molecular weight excluding hydrogens is 456 g/mol. The van der Waals surface area contributed by atoms with E-state index in [0.29, 0.717) is 48.5 Å². The Kier molecular flexibility index (Phi) is 8.29. The SMILES string of the molecule is O=C(NCc1ccc(Cl)cc1)c1nnc2c(CCCCO)cc(CN3CCOCC3)cc2c1O. The summed E-state index contributed by atoms with van der Waals surface area (Å²) in [7, 11) is 0. The molecular formula is C25H29ClN4O4. The molecule has 8 nitrogen and oxygen atoms in total. The number of rotatable bonds is 9. The van der Waals surface area contributed by atoms with Crippen LogP contribution in [0.25, 0.3) is 10.9 Å². The number of aryl methyl sites for hydroxylation is 1. The van der Waals surface area contributed by atoms with Gasteiger partial charge in [0.25, 0.3) is 5.91 Å². The van der Waals surface area contributed by atoms with Gasteiger partial charge in [-0.05, 0) is 54.2 Å². The first kappa shape index (κ1) is 24.3.